The Balaban J connectivity index is 1.81. The fraction of sp³-hybridized carbons (Fsp3) is 0.120. The molecular formula is C25H23N3O4S. The number of hydrogen-bond acceptors (Lipinski definition) is 5. The Morgan fingerprint density at radius 3 is 2.06 bits per heavy atom. The van der Waals surface area contributed by atoms with Gasteiger partial charge in [-0.3, -0.25) is 9.78 Å². The molecule has 1 atom stereocenters. The number of anilines is 1. The minimum Gasteiger partial charge on any atom is -0.604 e. The third kappa shape index (κ3) is 4.87. The van der Waals surface area contributed by atoms with Crippen molar-refractivity contribution in [3.05, 3.63) is 72.8 Å². The molecule has 168 valence electrons. The van der Waals surface area contributed by atoms with Crippen molar-refractivity contribution in [2.24, 2.45) is 0 Å². The number of ether oxygens (including phenoxy) is 2. The second-order valence-electron chi connectivity index (χ2n) is 7.17. The Hall–Kier alpha value is -3.75. The highest BCUT2D eigenvalue weighted by Crippen LogP contribution is 2.35. The zero-order valence-corrected chi connectivity index (χ0v) is 19.2. The van der Waals surface area contributed by atoms with Crippen molar-refractivity contribution < 1.29 is 18.8 Å². The molecule has 1 heterocycles. The first-order valence-corrected chi connectivity index (χ1v) is 11.3. The molecular weight excluding hydrogens is 438 g/mol. The van der Waals surface area contributed by atoms with Gasteiger partial charge >= 0.3 is 5.16 Å². The second kappa shape index (κ2) is 9.81. The number of imidazole rings is 1. The fourth-order valence-corrected chi connectivity index (χ4v) is 4.49. The van der Waals surface area contributed by atoms with E-state index in [0.29, 0.717) is 16.3 Å². The van der Waals surface area contributed by atoms with E-state index in [4.69, 9.17) is 14.5 Å². The minimum atomic E-state index is -1.65. The van der Waals surface area contributed by atoms with Gasteiger partial charge in [-0.15, -0.1) is 0 Å². The molecule has 0 saturated heterocycles. The lowest BCUT2D eigenvalue weighted by atomic mass is 10.0. The molecule has 33 heavy (non-hydrogen) atoms. The first-order valence-electron chi connectivity index (χ1n) is 10.2. The van der Waals surface area contributed by atoms with E-state index in [0.717, 1.165) is 28.3 Å². The van der Waals surface area contributed by atoms with Crippen molar-refractivity contribution in [1.82, 2.24) is 9.97 Å². The maximum Gasteiger partial charge on any atom is 0.327 e. The van der Waals surface area contributed by atoms with Gasteiger partial charge in [0.15, 0.2) is 4.90 Å². The lowest BCUT2D eigenvalue weighted by molar-refractivity contribution is -0.114. The quantitative estimate of drug-likeness (QED) is 0.382. The normalized spacial score (nSPS) is 11.6. The van der Waals surface area contributed by atoms with Gasteiger partial charge in [-0.2, -0.15) is 4.98 Å². The van der Waals surface area contributed by atoms with Gasteiger partial charge < -0.3 is 19.3 Å². The van der Waals surface area contributed by atoms with Crippen molar-refractivity contribution in [1.29, 1.82) is 0 Å². The summed E-state index contributed by atoms with van der Waals surface area (Å²) in [4.78, 5) is 20.0. The molecule has 1 amide bonds. The molecule has 0 aliphatic rings. The van der Waals surface area contributed by atoms with Crippen LogP contribution in [0.5, 0.6) is 11.5 Å². The first-order chi connectivity index (χ1) is 16.0. The van der Waals surface area contributed by atoms with Gasteiger partial charge in [-0.25, -0.2) is 0 Å². The molecule has 0 saturated carbocycles. The number of benzene rings is 3. The molecule has 4 aromatic rings. The van der Waals surface area contributed by atoms with Crippen LogP contribution in [0.3, 0.4) is 0 Å². The summed E-state index contributed by atoms with van der Waals surface area (Å²) in [7, 11) is 3.22. The molecule has 7 nitrogen and oxygen atoms in total. The topological polar surface area (TPSA) is 99.3 Å². The van der Waals surface area contributed by atoms with Crippen LogP contribution in [0, 0.1) is 0 Å². The highest BCUT2D eigenvalue weighted by molar-refractivity contribution is 7.91. The van der Waals surface area contributed by atoms with Crippen LogP contribution < -0.4 is 14.8 Å². The summed E-state index contributed by atoms with van der Waals surface area (Å²) < 4.78 is 24.0. The van der Waals surface area contributed by atoms with E-state index in [1.165, 1.54) is 6.92 Å². The largest absolute Gasteiger partial charge is 0.604 e. The van der Waals surface area contributed by atoms with E-state index in [-0.39, 0.29) is 11.1 Å². The van der Waals surface area contributed by atoms with Crippen LogP contribution in [-0.2, 0) is 16.0 Å². The molecule has 0 aliphatic heterocycles. The summed E-state index contributed by atoms with van der Waals surface area (Å²) in [5, 5.41) is 3.01. The van der Waals surface area contributed by atoms with Crippen LogP contribution in [0.1, 0.15) is 6.92 Å². The van der Waals surface area contributed by atoms with Crippen molar-refractivity contribution in [3.8, 4) is 34.0 Å². The Labute approximate surface area is 195 Å². The van der Waals surface area contributed by atoms with E-state index >= 15 is 0 Å². The molecule has 0 bridgehead atoms. The number of carbonyl (C=O) groups excluding carboxylic acids is 1. The molecule has 1 unspecified atom stereocenters. The lowest BCUT2D eigenvalue weighted by Crippen LogP contribution is -2.12. The number of nitrogens with one attached hydrogen (secondary N) is 2. The highest BCUT2D eigenvalue weighted by Gasteiger charge is 2.26. The average Bonchev–Trinajstić information content (AvgIpc) is 3.29. The van der Waals surface area contributed by atoms with Gasteiger partial charge in [0.1, 0.15) is 17.2 Å². The van der Waals surface area contributed by atoms with E-state index in [9.17, 15) is 9.35 Å². The van der Waals surface area contributed by atoms with Crippen LogP contribution in [0.25, 0.3) is 22.5 Å². The number of rotatable bonds is 7. The molecule has 3 aromatic carbocycles. The third-order valence-electron chi connectivity index (χ3n) is 5.00. The number of amides is 1. The summed E-state index contributed by atoms with van der Waals surface area (Å²) >= 11 is -1.65. The molecule has 0 radical (unpaired) electrons. The molecule has 0 fully saturated rings. The molecule has 1 aromatic heterocycles. The third-order valence-corrected chi connectivity index (χ3v) is 6.30. The van der Waals surface area contributed by atoms with Gasteiger partial charge in [0.2, 0.25) is 5.91 Å². The Morgan fingerprint density at radius 1 is 0.909 bits per heavy atom. The van der Waals surface area contributed by atoms with Crippen molar-refractivity contribution in [2.45, 2.75) is 17.0 Å². The van der Waals surface area contributed by atoms with E-state index in [1.54, 1.807) is 38.5 Å². The lowest BCUT2D eigenvalue weighted by Gasteiger charge is -2.11. The zero-order chi connectivity index (χ0) is 23.4. The van der Waals surface area contributed by atoms with Crippen LogP contribution in [0.15, 0.2) is 82.8 Å². The molecule has 2 N–H and O–H groups in total. The smallest absolute Gasteiger partial charge is 0.327 e. The number of H-pyrrole nitrogens is 1. The Kier molecular flexibility index (Phi) is 6.67. The number of aromatic nitrogens is 2. The first kappa shape index (κ1) is 22.4. The van der Waals surface area contributed by atoms with Gasteiger partial charge in [-0.05, 0) is 60.7 Å². The Morgan fingerprint density at radius 2 is 1.48 bits per heavy atom. The average molecular weight is 462 g/mol. The number of carbonyl (C=O) groups is 1. The number of aromatic amines is 1. The number of para-hydroxylation sites is 1. The number of methoxy groups -OCH3 is 2. The van der Waals surface area contributed by atoms with Gasteiger partial charge in [0, 0.05) is 18.1 Å². The number of hydrogen-bond donors (Lipinski definition) is 2. The molecule has 4 rings (SSSR count). The summed E-state index contributed by atoms with van der Waals surface area (Å²) in [6, 6.07) is 22.0. The maximum absolute atomic E-state index is 13.5. The maximum atomic E-state index is 13.5. The zero-order valence-electron chi connectivity index (χ0n) is 18.4. The van der Waals surface area contributed by atoms with Crippen LogP contribution in [0.4, 0.5) is 5.69 Å². The van der Waals surface area contributed by atoms with Crippen molar-refractivity contribution in [2.75, 3.05) is 19.5 Å². The van der Waals surface area contributed by atoms with Crippen molar-refractivity contribution >= 4 is 22.8 Å². The predicted molar refractivity (Wildman–Crippen MR) is 128 cm³/mol. The van der Waals surface area contributed by atoms with Gasteiger partial charge in [0.05, 0.1) is 36.8 Å². The number of nitrogens with zero attached hydrogens (tertiary/aromatic N) is 1. The van der Waals surface area contributed by atoms with Crippen molar-refractivity contribution in [3.63, 3.8) is 0 Å². The fourth-order valence-electron chi connectivity index (χ4n) is 3.39. The van der Waals surface area contributed by atoms with Gasteiger partial charge in [0.25, 0.3) is 0 Å². The molecule has 0 aliphatic carbocycles. The van der Waals surface area contributed by atoms with Gasteiger partial charge in [-0.1, -0.05) is 12.1 Å². The van der Waals surface area contributed by atoms with Crippen LogP contribution >= 0.6 is 0 Å². The van der Waals surface area contributed by atoms with E-state index < -0.39 is 11.2 Å². The molecule has 8 heteroatoms. The SMILES string of the molecule is COc1ccc(-c2nc([S+]([O-])c3ccccc3NC(C)=O)[nH]c2-c2ccc(OC)cc2)cc1. The molecule has 0 spiro atoms. The minimum absolute atomic E-state index is 0.239. The van der Waals surface area contributed by atoms with Crippen LogP contribution in [0.2, 0.25) is 0 Å². The second-order valence-corrected chi connectivity index (χ2v) is 8.53. The summed E-state index contributed by atoms with van der Waals surface area (Å²) in [6.45, 7) is 1.41. The summed E-state index contributed by atoms with van der Waals surface area (Å²) in [6.07, 6.45) is 0. The standard InChI is InChI=1S/C25H23N3O4S/c1-16(29)26-21-6-4-5-7-22(21)33(30)25-27-23(17-8-12-19(31-2)13-9-17)24(28-25)18-10-14-20(32-3)15-11-18/h4-15H,1-3H3,(H,26,29)(H,27,28). The summed E-state index contributed by atoms with van der Waals surface area (Å²) in [5.41, 5.74) is 3.58. The Bertz CT molecular complexity index is 1190. The monoisotopic (exact) mass is 461 g/mol. The van der Waals surface area contributed by atoms with Crippen LogP contribution in [-0.4, -0.2) is 34.6 Å². The predicted octanol–water partition coefficient (Wildman–Crippen LogP) is 4.89. The van der Waals surface area contributed by atoms with E-state index in [2.05, 4.69) is 10.3 Å². The highest BCUT2D eigenvalue weighted by atomic mass is 32.2. The summed E-state index contributed by atoms with van der Waals surface area (Å²) in [5.74, 6) is 1.22. The van der Waals surface area contributed by atoms with E-state index in [1.807, 2.05) is 48.5 Å².